The van der Waals surface area contributed by atoms with Crippen LogP contribution in [0.2, 0.25) is 0 Å². The number of nitrogens with zero attached hydrogens (tertiary/aromatic N) is 2. The van der Waals surface area contributed by atoms with Crippen LogP contribution in [0.5, 0.6) is 0 Å². The maximum atomic E-state index is 14.7. The number of hydrogen-bond donors (Lipinski definition) is 2. The number of anilines is 1. The summed E-state index contributed by atoms with van der Waals surface area (Å²) in [6.45, 7) is 6.68. The Morgan fingerprint density at radius 2 is 1.89 bits per heavy atom. The number of rotatable bonds is 9. The molecule has 4 fully saturated rings. The molecule has 6 rings (SSSR count). The average Bonchev–Trinajstić information content (AvgIpc) is 3.38. The van der Waals surface area contributed by atoms with Crippen molar-refractivity contribution in [3.8, 4) is 0 Å². The molecule has 4 aliphatic rings. The van der Waals surface area contributed by atoms with E-state index >= 15 is 0 Å². The number of nitrogens with one attached hydrogen (secondary N) is 2. The fraction of sp³-hybridized carbons (Fsp3) is 0.571. The summed E-state index contributed by atoms with van der Waals surface area (Å²) in [6.07, 6.45) is 3.16. The van der Waals surface area contributed by atoms with Crippen molar-refractivity contribution >= 4 is 5.82 Å². The Labute approximate surface area is 215 Å². The Bertz CT molecular complexity index is 1140. The fourth-order valence-corrected chi connectivity index (χ4v) is 6.08. The SMILES string of the molecule is C=C(Cc1nc(C)nc(NCc2cccc(C(F)F)c2F)c1C1CCCO1)NC12CCC(F)(CC1)CC2. The van der Waals surface area contributed by atoms with Crippen LogP contribution < -0.4 is 10.6 Å². The Balaban J connectivity index is 1.38. The van der Waals surface area contributed by atoms with Gasteiger partial charge in [-0.3, -0.25) is 0 Å². The second-order valence-electron chi connectivity index (χ2n) is 10.8. The lowest BCUT2D eigenvalue weighted by molar-refractivity contribution is -0.00433. The highest BCUT2D eigenvalue weighted by atomic mass is 19.3. The van der Waals surface area contributed by atoms with Gasteiger partial charge in [0.1, 0.15) is 23.1 Å². The lowest BCUT2D eigenvalue weighted by Crippen LogP contribution is -2.55. The Kier molecular flexibility index (Phi) is 7.18. The molecule has 3 aliphatic carbocycles. The third-order valence-corrected chi connectivity index (χ3v) is 8.16. The van der Waals surface area contributed by atoms with Crippen LogP contribution in [0.4, 0.5) is 23.4 Å². The number of benzene rings is 1. The van der Waals surface area contributed by atoms with Gasteiger partial charge in [-0.25, -0.2) is 27.5 Å². The van der Waals surface area contributed by atoms with Gasteiger partial charge >= 0.3 is 0 Å². The van der Waals surface area contributed by atoms with E-state index in [2.05, 4.69) is 22.2 Å². The largest absolute Gasteiger partial charge is 0.383 e. The molecule has 37 heavy (non-hydrogen) atoms. The topological polar surface area (TPSA) is 59.1 Å². The number of aryl methyl sites for hydroxylation is 1. The van der Waals surface area contributed by atoms with Crippen molar-refractivity contribution in [2.75, 3.05) is 11.9 Å². The maximum absolute atomic E-state index is 14.7. The van der Waals surface area contributed by atoms with Crippen molar-refractivity contribution in [2.24, 2.45) is 0 Å². The quantitative estimate of drug-likeness (QED) is 0.358. The maximum Gasteiger partial charge on any atom is 0.266 e. The molecule has 1 aromatic heterocycles. The van der Waals surface area contributed by atoms with E-state index in [4.69, 9.17) is 9.72 Å². The van der Waals surface area contributed by atoms with Crippen LogP contribution in [0.1, 0.15) is 92.1 Å². The van der Waals surface area contributed by atoms with E-state index in [-0.39, 0.29) is 23.8 Å². The minimum atomic E-state index is -2.89. The number of aromatic nitrogens is 2. The summed E-state index contributed by atoms with van der Waals surface area (Å²) in [6, 6.07) is 4.01. The van der Waals surface area contributed by atoms with Gasteiger partial charge in [-0.05, 0) is 58.3 Å². The average molecular weight is 519 g/mol. The lowest BCUT2D eigenvalue weighted by atomic mass is 9.64. The predicted molar refractivity (Wildman–Crippen MR) is 134 cm³/mol. The zero-order valence-electron chi connectivity index (χ0n) is 21.2. The van der Waals surface area contributed by atoms with Gasteiger partial charge < -0.3 is 15.4 Å². The summed E-state index contributed by atoms with van der Waals surface area (Å²) >= 11 is 0. The molecule has 2 aromatic rings. The number of ether oxygens (including phenoxy) is 1. The standard InChI is InChI=1S/C28H34F4N4O/c1-17(36-28-11-8-27(32,9-12-28)10-13-28)15-21-23(22-7-4-14-37-22)26(35-18(2)34-21)33-16-19-5-3-6-20(24(19)29)25(30)31/h3,5-6,22,25,36H,1,4,7-16H2,2H3,(H,33,34,35). The zero-order valence-corrected chi connectivity index (χ0v) is 21.2. The summed E-state index contributed by atoms with van der Waals surface area (Å²) < 4.78 is 61.6. The van der Waals surface area contributed by atoms with Crippen molar-refractivity contribution in [3.63, 3.8) is 0 Å². The highest BCUT2D eigenvalue weighted by molar-refractivity contribution is 5.50. The first-order chi connectivity index (χ1) is 17.7. The Hall–Kier alpha value is -2.68. The Morgan fingerprint density at radius 3 is 2.54 bits per heavy atom. The minimum absolute atomic E-state index is 0.00467. The lowest BCUT2D eigenvalue weighted by Gasteiger charge is -2.50. The van der Waals surface area contributed by atoms with E-state index in [1.165, 1.54) is 12.1 Å². The molecule has 0 spiro atoms. The third-order valence-electron chi connectivity index (χ3n) is 8.16. The number of halogens is 4. The van der Waals surface area contributed by atoms with E-state index in [0.29, 0.717) is 43.9 Å². The summed E-state index contributed by atoms with van der Waals surface area (Å²) in [5.74, 6) is 0.132. The highest BCUT2D eigenvalue weighted by Crippen LogP contribution is 2.49. The van der Waals surface area contributed by atoms with E-state index in [1.54, 1.807) is 6.92 Å². The molecule has 2 heterocycles. The van der Waals surface area contributed by atoms with Crippen LogP contribution in [0.3, 0.4) is 0 Å². The molecule has 3 saturated carbocycles. The van der Waals surface area contributed by atoms with Gasteiger partial charge in [0.25, 0.3) is 6.43 Å². The summed E-state index contributed by atoms with van der Waals surface area (Å²) in [5, 5.41) is 6.79. The van der Waals surface area contributed by atoms with Gasteiger partial charge in [-0.2, -0.15) is 0 Å². The number of fused-ring (bicyclic) bond motifs is 3. The number of allylic oxidation sites excluding steroid dienone is 1. The molecule has 9 heteroatoms. The van der Waals surface area contributed by atoms with E-state index in [0.717, 1.165) is 55.1 Å². The van der Waals surface area contributed by atoms with Crippen molar-refractivity contribution < 1.29 is 22.3 Å². The van der Waals surface area contributed by atoms with Crippen molar-refractivity contribution in [2.45, 2.75) is 95.0 Å². The first kappa shape index (κ1) is 25.9. The van der Waals surface area contributed by atoms with Gasteiger partial charge in [0.05, 0.1) is 17.4 Å². The fourth-order valence-electron chi connectivity index (χ4n) is 6.08. The third kappa shape index (κ3) is 5.47. The summed E-state index contributed by atoms with van der Waals surface area (Å²) in [4.78, 5) is 9.31. The number of hydrogen-bond acceptors (Lipinski definition) is 5. The molecule has 1 saturated heterocycles. The molecule has 5 nitrogen and oxygen atoms in total. The molecule has 0 radical (unpaired) electrons. The second kappa shape index (κ2) is 10.2. The summed E-state index contributed by atoms with van der Waals surface area (Å²) in [5.41, 5.74) is 0.773. The van der Waals surface area contributed by atoms with E-state index in [9.17, 15) is 17.6 Å². The molecule has 1 unspecified atom stereocenters. The Morgan fingerprint density at radius 1 is 1.16 bits per heavy atom. The normalized spacial score (nSPS) is 27.0. The van der Waals surface area contributed by atoms with E-state index < -0.39 is 23.5 Å². The van der Waals surface area contributed by atoms with Crippen LogP contribution in [0.25, 0.3) is 0 Å². The van der Waals surface area contributed by atoms with Gasteiger partial charge in [0.15, 0.2) is 0 Å². The van der Waals surface area contributed by atoms with Gasteiger partial charge in [-0.1, -0.05) is 24.8 Å². The van der Waals surface area contributed by atoms with Crippen LogP contribution in [0, 0.1) is 12.7 Å². The monoisotopic (exact) mass is 518 g/mol. The first-order valence-electron chi connectivity index (χ1n) is 13.1. The summed E-state index contributed by atoms with van der Waals surface area (Å²) in [7, 11) is 0. The number of alkyl halides is 3. The van der Waals surface area contributed by atoms with Gasteiger partial charge in [-0.15, -0.1) is 0 Å². The van der Waals surface area contributed by atoms with Crippen molar-refractivity contribution in [3.05, 3.63) is 64.5 Å². The van der Waals surface area contributed by atoms with Gasteiger partial charge in [0, 0.05) is 41.9 Å². The smallest absolute Gasteiger partial charge is 0.266 e. The minimum Gasteiger partial charge on any atom is -0.383 e. The van der Waals surface area contributed by atoms with Crippen LogP contribution in [0.15, 0.2) is 30.5 Å². The van der Waals surface area contributed by atoms with Gasteiger partial charge in [0.2, 0.25) is 0 Å². The zero-order chi connectivity index (χ0) is 26.2. The second-order valence-corrected chi connectivity index (χ2v) is 10.8. The molecular formula is C28H34F4N4O. The predicted octanol–water partition coefficient (Wildman–Crippen LogP) is 6.79. The first-order valence-corrected chi connectivity index (χ1v) is 13.1. The van der Waals surface area contributed by atoms with Crippen LogP contribution in [-0.4, -0.2) is 27.8 Å². The van der Waals surface area contributed by atoms with Crippen LogP contribution >= 0.6 is 0 Å². The molecular weight excluding hydrogens is 484 g/mol. The molecule has 1 aromatic carbocycles. The molecule has 200 valence electrons. The highest BCUT2D eigenvalue weighted by Gasteiger charge is 2.49. The molecule has 0 amide bonds. The molecule has 1 aliphatic heterocycles. The molecule has 1 atom stereocenters. The molecule has 2 N–H and O–H groups in total. The van der Waals surface area contributed by atoms with Crippen molar-refractivity contribution in [1.82, 2.24) is 15.3 Å². The van der Waals surface area contributed by atoms with Crippen LogP contribution in [-0.2, 0) is 17.7 Å². The molecule has 2 bridgehead atoms. The van der Waals surface area contributed by atoms with E-state index in [1.807, 2.05) is 0 Å². The van der Waals surface area contributed by atoms with Crippen molar-refractivity contribution in [1.29, 1.82) is 0 Å².